The van der Waals surface area contributed by atoms with Gasteiger partial charge in [0.2, 0.25) is 0 Å². The van der Waals surface area contributed by atoms with Gasteiger partial charge in [0, 0.05) is 13.1 Å². The summed E-state index contributed by atoms with van der Waals surface area (Å²) < 4.78 is 1.36. The summed E-state index contributed by atoms with van der Waals surface area (Å²) >= 11 is 3.95. The molecule has 2 amide bonds. The largest absolute Gasteiger partial charge is 0.337 e. The second-order valence-corrected chi connectivity index (χ2v) is 2.78. The lowest BCUT2D eigenvalue weighted by atomic mass is 10.3. The van der Waals surface area contributed by atoms with Gasteiger partial charge in [0.1, 0.15) is 0 Å². The number of thiol groups is 1. The Kier molecular flexibility index (Phi) is 6.12. The standard InChI is InChI=1S/C7H16N2OS/c1-3-5-6-8-7(10)9(11)4-2/h11H,3-6H2,1-2H3,(H,8,10). The summed E-state index contributed by atoms with van der Waals surface area (Å²) in [5, 5.41) is 2.74. The molecule has 0 saturated heterocycles. The van der Waals surface area contributed by atoms with Crippen molar-refractivity contribution in [3.63, 3.8) is 0 Å². The minimum absolute atomic E-state index is 0.107. The van der Waals surface area contributed by atoms with Gasteiger partial charge in [-0.3, -0.25) is 4.31 Å². The van der Waals surface area contributed by atoms with Gasteiger partial charge in [-0.1, -0.05) is 26.2 Å². The molecule has 1 N–H and O–H groups in total. The van der Waals surface area contributed by atoms with Gasteiger partial charge in [0.15, 0.2) is 0 Å². The van der Waals surface area contributed by atoms with Crippen molar-refractivity contribution in [3.05, 3.63) is 0 Å². The molecule has 3 nitrogen and oxygen atoms in total. The summed E-state index contributed by atoms with van der Waals surface area (Å²) in [5.41, 5.74) is 0. The van der Waals surface area contributed by atoms with Crippen molar-refractivity contribution in [2.45, 2.75) is 26.7 Å². The number of carbonyl (C=O) groups excluding carboxylic acids is 1. The van der Waals surface area contributed by atoms with Gasteiger partial charge in [-0.25, -0.2) is 4.79 Å². The van der Waals surface area contributed by atoms with Crippen molar-refractivity contribution in [1.29, 1.82) is 0 Å². The number of hydrogen-bond acceptors (Lipinski definition) is 2. The van der Waals surface area contributed by atoms with Crippen LogP contribution in [0.15, 0.2) is 0 Å². The molecule has 11 heavy (non-hydrogen) atoms. The summed E-state index contributed by atoms with van der Waals surface area (Å²) in [6.07, 6.45) is 2.12. The van der Waals surface area contributed by atoms with Gasteiger partial charge in [0.25, 0.3) is 0 Å². The van der Waals surface area contributed by atoms with Crippen molar-refractivity contribution in [3.8, 4) is 0 Å². The predicted molar refractivity (Wildman–Crippen MR) is 49.7 cm³/mol. The summed E-state index contributed by atoms with van der Waals surface area (Å²) in [6.45, 7) is 5.34. The molecule has 0 atom stereocenters. The Morgan fingerprint density at radius 1 is 1.55 bits per heavy atom. The highest BCUT2D eigenvalue weighted by atomic mass is 32.1. The second-order valence-electron chi connectivity index (χ2n) is 2.30. The molecule has 0 aliphatic rings. The maximum absolute atomic E-state index is 11.0. The third-order valence-electron chi connectivity index (χ3n) is 1.34. The van der Waals surface area contributed by atoms with Crippen LogP contribution >= 0.6 is 12.8 Å². The molecule has 0 saturated carbocycles. The minimum Gasteiger partial charge on any atom is -0.337 e. The summed E-state index contributed by atoms with van der Waals surface area (Å²) in [5.74, 6) is 0. The average molecular weight is 176 g/mol. The first-order valence-corrected chi connectivity index (χ1v) is 4.36. The molecule has 0 aliphatic heterocycles. The number of unbranched alkanes of at least 4 members (excludes halogenated alkanes) is 1. The zero-order valence-corrected chi connectivity index (χ0v) is 8.03. The van der Waals surface area contributed by atoms with Crippen LogP contribution in [-0.2, 0) is 0 Å². The lowest BCUT2D eigenvalue weighted by Crippen LogP contribution is -2.34. The number of amides is 2. The van der Waals surface area contributed by atoms with Gasteiger partial charge in [-0.05, 0) is 13.3 Å². The van der Waals surface area contributed by atoms with Crippen molar-refractivity contribution in [2.75, 3.05) is 13.1 Å². The van der Waals surface area contributed by atoms with Crippen LogP contribution in [0.5, 0.6) is 0 Å². The van der Waals surface area contributed by atoms with Crippen molar-refractivity contribution in [2.24, 2.45) is 0 Å². The van der Waals surface area contributed by atoms with E-state index in [-0.39, 0.29) is 6.03 Å². The van der Waals surface area contributed by atoms with Crippen LogP contribution in [0.3, 0.4) is 0 Å². The van der Waals surface area contributed by atoms with Crippen molar-refractivity contribution in [1.82, 2.24) is 9.62 Å². The molecule has 0 radical (unpaired) electrons. The summed E-state index contributed by atoms with van der Waals surface area (Å²) in [7, 11) is 0. The molecule has 0 rings (SSSR count). The van der Waals surface area contributed by atoms with Crippen LogP contribution < -0.4 is 5.32 Å². The number of nitrogens with one attached hydrogen (secondary N) is 1. The SMILES string of the molecule is CCCCNC(=O)N(S)CC. The van der Waals surface area contributed by atoms with Crippen LogP contribution in [0.25, 0.3) is 0 Å². The lowest BCUT2D eigenvalue weighted by molar-refractivity contribution is 0.227. The first kappa shape index (κ1) is 10.6. The smallest absolute Gasteiger partial charge is 0.327 e. The Hall–Kier alpha value is -0.380. The van der Waals surface area contributed by atoms with E-state index in [1.807, 2.05) is 6.92 Å². The topological polar surface area (TPSA) is 32.3 Å². The predicted octanol–water partition coefficient (Wildman–Crippen LogP) is 1.66. The second kappa shape index (κ2) is 6.34. The molecule has 66 valence electrons. The number of nitrogens with zero attached hydrogens (tertiary/aromatic N) is 1. The summed E-state index contributed by atoms with van der Waals surface area (Å²) in [4.78, 5) is 11.0. The Balaban J connectivity index is 3.36. The molecule has 4 heteroatoms. The number of rotatable bonds is 4. The van der Waals surface area contributed by atoms with Gasteiger partial charge in [-0.2, -0.15) is 0 Å². The van der Waals surface area contributed by atoms with E-state index in [1.54, 1.807) is 0 Å². The third-order valence-corrected chi connectivity index (χ3v) is 1.81. The monoisotopic (exact) mass is 176 g/mol. The van der Waals surface area contributed by atoms with E-state index in [0.717, 1.165) is 19.4 Å². The summed E-state index contributed by atoms with van der Waals surface area (Å²) in [6, 6.07) is -0.107. The number of carbonyl (C=O) groups is 1. The molecule has 0 heterocycles. The van der Waals surface area contributed by atoms with Gasteiger partial charge < -0.3 is 5.32 Å². The minimum atomic E-state index is -0.107. The highest BCUT2D eigenvalue weighted by Crippen LogP contribution is 1.92. The van der Waals surface area contributed by atoms with E-state index in [2.05, 4.69) is 25.1 Å². The van der Waals surface area contributed by atoms with E-state index >= 15 is 0 Å². The molecule has 0 aromatic carbocycles. The van der Waals surface area contributed by atoms with Gasteiger partial charge in [0.05, 0.1) is 0 Å². The zero-order chi connectivity index (χ0) is 8.69. The third kappa shape index (κ3) is 4.95. The fraction of sp³-hybridized carbons (Fsp3) is 0.857. The normalized spacial score (nSPS) is 9.36. The fourth-order valence-electron chi connectivity index (χ4n) is 0.607. The lowest BCUT2D eigenvalue weighted by Gasteiger charge is -2.13. The quantitative estimate of drug-likeness (QED) is 0.495. The Labute approximate surface area is 73.7 Å². The molecule has 0 spiro atoms. The van der Waals surface area contributed by atoms with E-state index in [4.69, 9.17) is 0 Å². The molecule has 0 bridgehead atoms. The van der Waals surface area contributed by atoms with E-state index < -0.39 is 0 Å². The zero-order valence-electron chi connectivity index (χ0n) is 7.13. The van der Waals surface area contributed by atoms with Crippen molar-refractivity contribution >= 4 is 18.8 Å². The van der Waals surface area contributed by atoms with Crippen LogP contribution in [0.1, 0.15) is 26.7 Å². The fourth-order valence-corrected chi connectivity index (χ4v) is 0.678. The Morgan fingerprint density at radius 2 is 2.18 bits per heavy atom. The van der Waals surface area contributed by atoms with E-state index in [1.165, 1.54) is 4.31 Å². The molecule has 0 fully saturated rings. The molecular formula is C7H16N2OS. The number of urea groups is 1. The maximum atomic E-state index is 11.0. The van der Waals surface area contributed by atoms with E-state index in [0.29, 0.717) is 6.54 Å². The van der Waals surface area contributed by atoms with Crippen LogP contribution in [-0.4, -0.2) is 23.4 Å². The molecular weight excluding hydrogens is 160 g/mol. The number of hydrogen-bond donors (Lipinski definition) is 2. The maximum Gasteiger partial charge on any atom is 0.327 e. The van der Waals surface area contributed by atoms with Crippen molar-refractivity contribution < 1.29 is 4.79 Å². The van der Waals surface area contributed by atoms with Gasteiger partial charge >= 0.3 is 6.03 Å². The van der Waals surface area contributed by atoms with Gasteiger partial charge in [-0.15, -0.1) is 0 Å². The average Bonchev–Trinajstić information content (AvgIpc) is 2.03. The van der Waals surface area contributed by atoms with Crippen LogP contribution in [0, 0.1) is 0 Å². The van der Waals surface area contributed by atoms with Crippen LogP contribution in [0.2, 0.25) is 0 Å². The van der Waals surface area contributed by atoms with E-state index in [9.17, 15) is 4.79 Å². The van der Waals surface area contributed by atoms with Crippen LogP contribution in [0.4, 0.5) is 4.79 Å². The Morgan fingerprint density at radius 3 is 2.64 bits per heavy atom. The molecule has 0 aromatic heterocycles. The Bertz CT molecular complexity index is 119. The highest BCUT2D eigenvalue weighted by molar-refractivity contribution is 7.78. The first-order chi connectivity index (χ1) is 5.22. The molecule has 0 unspecified atom stereocenters. The first-order valence-electron chi connectivity index (χ1n) is 3.96. The molecule has 0 aliphatic carbocycles. The molecule has 0 aromatic rings. The highest BCUT2D eigenvalue weighted by Gasteiger charge is 2.03.